The Morgan fingerprint density at radius 3 is 2.61 bits per heavy atom. The Labute approximate surface area is 194 Å². The lowest BCUT2D eigenvalue weighted by molar-refractivity contribution is -0.120. The monoisotopic (exact) mass is 462 g/mol. The SMILES string of the molecule is CN(C(=S)N1CCC2(C=C(C(=O)NCc3ccc(Cl)cc3)NO2)CC1)C1CCCCC1. The molecule has 4 rings (SSSR count). The molecule has 3 aliphatic rings. The van der Waals surface area contributed by atoms with Gasteiger partial charge in [0, 0.05) is 50.6 Å². The molecular weight excluding hydrogens is 432 g/mol. The van der Waals surface area contributed by atoms with Crippen LogP contribution >= 0.6 is 23.8 Å². The molecule has 31 heavy (non-hydrogen) atoms. The van der Waals surface area contributed by atoms with Gasteiger partial charge in [0.05, 0.1) is 0 Å². The van der Waals surface area contributed by atoms with Crippen LogP contribution in [0.1, 0.15) is 50.5 Å². The van der Waals surface area contributed by atoms with Crippen LogP contribution in [0.4, 0.5) is 0 Å². The molecule has 1 saturated carbocycles. The number of hydrogen-bond donors (Lipinski definition) is 2. The number of amides is 1. The summed E-state index contributed by atoms with van der Waals surface area (Å²) in [7, 11) is 2.14. The van der Waals surface area contributed by atoms with Crippen LogP contribution in [0.15, 0.2) is 36.0 Å². The Bertz CT molecular complexity index is 830. The van der Waals surface area contributed by atoms with E-state index in [1.165, 1.54) is 32.1 Å². The summed E-state index contributed by atoms with van der Waals surface area (Å²) >= 11 is 11.7. The molecule has 0 atom stereocenters. The standard InChI is InChI=1S/C23H31ClN4O2S/c1-27(19-5-3-2-4-6-19)22(31)28-13-11-23(12-14-28)15-20(26-30-23)21(29)25-16-17-7-9-18(24)10-8-17/h7-10,15,19,26H,2-6,11-14,16H2,1H3,(H,25,29). The third kappa shape index (κ3) is 5.33. The lowest BCUT2D eigenvalue weighted by Crippen LogP contribution is -2.52. The molecule has 6 nitrogen and oxygen atoms in total. The van der Waals surface area contributed by atoms with Crippen LogP contribution in [0.3, 0.4) is 0 Å². The van der Waals surface area contributed by atoms with Gasteiger partial charge in [-0.2, -0.15) is 0 Å². The minimum Gasteiger partial charge on any atom is -0.349 e. The Morgan fingerprint density at radius 1 is 1.26 bits per heavy atom. The molecule has 8 heteroatoms. The molecule has 0 radical (unpaired) electrons. The minimum atomic E-state index is -0.442. The van der Waals surface area contributed by atoms with Gasteiger partial charge >= 0.3 is 0 Å². The number of halogens is 1. The molecule has 0 unspecified atom stereocenters. The average Bonchev–Trinajstić information content (AvgIpc) is 3.22. The van der Waals surface area contributed by atoms with Crippen LogP contribution in [0.2, 0.25) is 5.02 Å². The predicted octanol–water partition coefficient (Wildman–Crippen LogP) is 3.76. The summed E-state index contributed by atoms with van der Waals surface area (Å²) in [6.45, 7) is 2.10. The van der Waals surface area contributed by atoms with Gasteiger partial charge in [0.2, 0.25) is 0 Å². The van der Waals surface area contributed by atoms with Gasteiger partial charge in [0.25, 0.3) is 5.91 Å². The zero-order valence-corrected chi connectivity index (χ0v) is 19.6. The van der Waals surface area contributed by atoms with Crippen LogP contribution in [-0.2, 0) is 16.2 Å². The maximum atomic E-state index is 12.6. The van der Waals surface area contributed by atoms with Crippen molar-refractivity contribution in [3.05, 3.63) is 46.6 Å². The van der Waals surface area contributed by atoms with Crippen LogP contribution in [-0.4, -0.2) is 52.6 Å². The van der Waals surface area contributed by atoms with Crippen LogP contribution in [0, 0.1) is 0 Å². The molecule has 2 aliphatic heterocycles. The number of likely N-dealkylation sites (tertiary alicyclic amines) is 1. The summed E-state index contributed by atoms with van der Waals surface area (Å²) < 4.78 is 0. The molecule has 2 N–H and O–H groups in total. The second-order valence-corrected chi connectivity index (χ2v) is 9.61. The minimum absolute atomic E-state index is 0.165. The first-order valence-corrected chi connectivity index (χ1v) is 12.0. The number of nitrogens with one attached hydrogen (secondary N) is 2. The molecule has 2 fully saturated rings. The van der Waals surface area contributed by atoms with E-state index in [0.717, 1.165) is 36.6 Å². The van der Waals surface area contributed by atoms with Crippen molar-refractivity contribution < 1.29 is 9.63 Å². The first-order valence-electron chi connectivity index (χ1n) is 11.2. The maximum Gasteiger partial charge on any atom is 0.269 e. The topological polar surface area (TPSA) is 56.8 Å². The maximum absolute atomic E-state index is 12.6. The molecule has 2 heterocycles. The summed E-state index contributed by atoms with van der Waals surface area (Å²) in [4.78, 5) is 23.0. The largest absolute Gasteiger partial charge is 0.349 e. The van der Waals surface area contributed by atoms with Gasteiger partial charge in [0.15, 0.2) is 5.11 Å². The number of hydrogen-bond acceptors (Lipinski definition) is 4. The number of carbonyl (C=O) groups excluding carboxylic acids is 1. The lowest BCUT2D eigenvalue weighted by Gasteiger charge is -2.42. The number of piperidine rings is 1. The van der Waals surface area contributed by atoms with Crippen molar-refractivity contribution in [2.75, 3.05) is 20.1 Å². The Hall–Kier alpha value is -1.83. The fraction of sp³-hybridized carbons (Fsp3) is 0.565. The molecular formula is C23H31ClN4O2S. The molecule has 168 valence electrons. The molecule has 1 aromatic carbocycles. The van der Waals surface area contributed by atoms with Gasteiger partial charge in [-0.1, -0.05) is 43.0 Å². The molecule has 0 bridgehead atoms. The van der Waals surface area contributed by atoms with E-state index in [1.54, 1.807) is 0 Å². The van der Waals surface area contributed by atoms with Crippen molar-refractivity contribution in [2.45, 2.75) is 63.1 Å². The van der Waals surface area contributed by atoms with Gasteiger partial charge < -0.3 is 15.1 Å². The molecule has 1 spiro atoms. The van der Waals surface area contributed by atoms with Gasteiger partial charge in [-0.05, 0) is 48.8 Å². The normalized spacial score (nSPS) is 20.8. The van der Waals surface area contributed by atoms with E-state index in [0.29, 0.717) is 23.3 Å². The molecule has 1 aliphatic carbocycles. The van der Waals surface area contributed by atoms with E-state index in [4.69, 9.17) is 28.7 Å². The fourth-order valence-corrected chi connectivity index (χ4v) is 5.10. The quantitative estimate of drug-likeness (QED) is 0.664. The zero-order valence-electron chi connectivity index (χ0n) is 18.0. The average molecular weight is 463 g/mol. The van der Waals surface area contributed by atoms with Gasteiger partial charge in [0.1, 0.15) is 11.3 Å². The van der Waals surface area contributed by atoms with Crippen LogP contribution in [0.25, 0.3) is 0 Å². The first-order chi connectivity index (χ1) is 15.0. The van der Waals surface area contributed by atoms with Crippen molar-refractivity contribution >= 4 is 34.8 Å². The Morgan fingerprint density at radius 2 is 1.94 bits per heavy atom. The van der Waals surface area contributed by atoms with Crippen molar-refractivity contribution in [1.29, 1.82) is 0 Å². The van der Waals surface area contributed by atoms with Crippen molar-refractivity contribution in [2.24, 2.45) is 0 Å². The van der Waals surface area contributed by atoms with Crippen LogP contribution < -0.4 is 10.8 Å². The van der Waals surface area contributed by atoms with E-state index in [-0.39, 0.29) is 5.91 Å². The van der Waals surface area contributed by atoms with Gasteiger partial charge in [-0.25, -0.2) is 0 Å². The third-order valence-corrected chi connectivity index (χ3v) is 7.49. The van der Waals surface area contributed by atoms with E-state index in [1.807, 2.05) is 30.3 Å². The highest BCUT2D eigenvalue weighted by atomic mass is 35.5. The molecule has 1 aromatic rings. The number of thiocarbonyl (C=S) groups is 1. The van der Waals surface area contributed by atoms with Gasteiger partial charge in [-0.3, -0.25) is 15.1 Å². The first kappa shape index (κ1) is 22.4. The summed E-state index contributed by atoms with van der Waals surface area (Å²) in [5.74, 6) is -0.165. The summed E-state index contributed by atoms with van der Waals surface area (Å²) in [6, 6.07) is 8.01. The molecule has 0 aromatic heterocycles. The van der Waals surface area contributed by atoms with E-state index in [9.17, 15) is 4.79 Å². The number of nitrogens with zero attached hydrogens (tertiary/aromatic N) is 2. The lowest BCUT2D eigenvalue weighted by atomic mass is 9.90. The van der Waals surface area contributed by atoms with Gasteiger partial charge in [-0.15, -0.1) is 0 Å². The highest BCUT2D eigenvalue weighted by Crippen LogP contribution is 2.33. The second kappa shape index (κ2) is 9.76. The highest BCUT2D eigenvalue weighted by molar-refractivity contribution is 7.80. The predicted molar refractivity (Wildman–Crippen MR) is 126 cm³/mol. The molecule has 1 amide bonds. The third-order valence-electron chi connectivity index (χ3n) is 6.69. The number of carbonyl (C=O) groups is 1. The van der Waals surface area contributed by atoms with Crippen molar-refractivity contribution in [3.63, 3.8) is 0 Å². The van der Waals surface area contributed by atoms with E-state index >= 15 is 0 Å². The zero-order chi connectivity index (χ0) is 21.8. The van der Waals surface area contributed by atoms with E-state index in [2.05, 4.69) is 27.6 Å². The summed E-state index contributed by atoms with van der Waals surface area (Å²) in [6.07, 6.45) is 9.95. The number of hydroxylamine groups is 1. The van der Waals surface area contributed by atoms with Crippen molar-refractivity contribution in [1.82, 2.24) is 20.6 Å². The number of benzene rings is 1. The Kier molecular flexibility index (Phi) is 7.04. The fourth-order valence-electron chi connectivity index (χ4n) is 4.64. The highest BCUT2D eigenvalue weighted by Gasteiger charge is 2.41. The van der Waals surface area contributed by atoms with Crippen molar-refractivity contribution in [3.8, 4) is 0 Å². The Balaban J connectivity index is 1.28. The van der Waals surface area contributed by atoms with E-state index < -0.39 is 5.60 Å². The summed E-state index contributed by atoms with van der Waals surface area (Å²) in [5, 5.41) is 4.55. The molecule has 1 saturated heterocycles. The number of rotatable bonds is 4. The second-order valence-electron chi connectivity index (χ2n) is 8.81. The van der Waals surface area contributed by atoms with Crippen LogP contribution in [0.5, 0.6) is 0 Å². The summed E-state index contributed by atoms with van der Waals surface area (Å²) in [5.41, 5.74) is 3.88. The smallest absolute Gasteiger partial charge is 0.269 e.